The summed E-state index contributed by atoms with van der Waals surface area (Å²) in [6.07, 6.45) is 0. The minimum atomic E-state index is -0.446. The Labute approximate surface area is 140 Å². The molecule has 0 saturated heterocycles. The number of rotatable bonds is 3. The van der Waals surface area contributed by atoms with Gasteiger partial charge in [-0.2, -0.15) is 0 Å². The van der Waals surface area contributed by atoms with Crippen LogP contribution in [0.25, 0.3) is 11.0 Å². The number of carbonyl (C=O) groups is 1. The van der Waals surface area contributed by atoms with Crippen molar-refractivity contribution in [3.8, 4) is 0 Å². The molecule has 3 aromatic rings. The molecule has 3 rings (SSSR count). The summed E-state index contributed by atoms with van der Waals surface area (Å²) in [5.41, 5.74) is 6.14. The smallest absolute Gasteiger partial charge is 0.305 e. The highest BCUT2D eigenvalue weighted by Crippen LogP contribution is 2.33. The van der Waals surface area contributed by atoms with Crippen molar-refractivity contribution in [3.05, 3.63) is 63.3 Å². The normalized spacial score (nSPS) is 10.7. The molecule has 1 heterocycles. The summed E-state index contributed by atoms with van der Waals surface area (Å²) in [4.78, 5) is 12.1. The van der Waals surface area contributed by atoms with E-state index < -0.39 is 5.91 Å². The average Bonchev–Trinajstić information content (AvgIpc) is 2.89. The quantitative estimate of drug-likeness (QED) is 0.639. The van der Waals surface area contributed by atoms with Gasteiger partial charge in [-0.25, -0.2) is 0 Å². The Morgan fingerprint density at radius 1 is 1.00 bits per heavy atom. The van der Waals surface area contributed by atoms with Crippen LogP contribution in [0.15, 0.2) is 46.9 Å². The second-order valence-electron chi connectivity index (χ2n) is 4.47. The van der Waals surface area contributed by atoms with Crippen molar-refractivity contribution >= 4 is 57.4 Å². The minimum absolute atomic E-state index is 0.176. The van der Waals surface area contributed by atoms with E-state index in [0.717, 1.165) is 5.39 Å². The third kappa shape index (κ3) is 2.99. The summed E-state index contributed by atoms with van der Waals surface area (Å²) in [5, 5.41) is 1.84. The molecule has 0 radical (unpaired) electrons. The molecule has 7 heteroatoms. The lowest BCUT2D eigenvalue weighted by atomic mass is 10.2. The monoisotopic (exact) mass is 354 g/mol. The van der Waals surface area contributed by atoms with Crippen LogP contribution in [-0.4, -0.2) is 5.91 Å². The van der Waals surface area contributed by atoms with Crippen molar-refractivity contribution in [2.75, 3.05) is 5.43 Å². The Hall–Kier alpha value is -1.88. The SMILES string of the molecule is O=C(NNc1c(Cl)cc(Cl)cc1Cl)c1cc2ccccc2o1. The number of carbonyl (C=O) groups excluding carboxylic acids is 1. The summed E-state index contributed by atoms with van der Waals surface area (Å²) in [6, 6.07) is 12.0. The number of furan rings is 1. The van der Waals surface area contributed by atoms with Crippen LogP contribution in [0.4, 0.5) is 5.69 Å². The number of hydrazine groups is 1. The van der Waals surface area contributed by atoms with E-state index >= 15 is 0 Å². The van der Waals surface area contributed by atoms with Gasteiger partial charge < -0.3 is 4.42 Å². The van der Waals surface area contributed by atoms with Crippen molar-refractivity contribution in [3.63, 3.8) is 0 Å². The third-order valence-corrected chi connectivity index (χ3v) is 3.77. The zero-order chi connectivity index (χ0) is 15.7. The number of amides is 1. The zero-order valence-corrected chi connectivity index (χ0v) is 13.3. The number of nitrogens with one attached hydrogen (secondary N) is 2. The van der Waals surface area contributed by atoms with Crippen LogP contribution in [0, 0.1) is 0 Å². The minimum Gasteiger partial charge on any atom is -0.451 e. The number of fused-ring (bicyclic) bond motifs is 1. The Bertz CT molecular complexity index is 805. The summed E-state index contributed by atoms with van der Waals surface area (Å²) in [6.45, 7) is 0. The highest BCUT2D eigenvalue weighted by atomic mass is 35.5. The lowest BCUT2D eigenvalue weighted by molar-refractivity contribution is 0.0937. The van der Waals surface area contributed by atoms with Crippen molar-refractivity contribution in [2.45, 2.75) is 0 Å². The summed E-state index contributed by atoms with van der Waals surface area (Å²) >= 11 is 17.9. The fourth-order valence-corrected chi connectivity index (χ4v) is 2.85. The number of para-hydroxylation sites is 1. The van der Waals surface area contributed by atoms with Crippen LogP contribution >= 0.6 is 34.8 Å². The third-order valence-electron chi connectivity index (χ3n) is 2.96. The van der Waals surface area contributed by atoms with Gasteiger partial charge in [-0.05, 0) is 24.3 Å². The number of halogens is 3. The van der Waals surface area contributed by atoms with Gasteiger partial charge in [0.2, 0.25) is 0 Å². The molecule has 0 aliphatic rings. The zero-order valence-electron chi connectivity index (χ0n) is 11.0. The summed E-state index contributed by atoms with van der Waals surface area (Å²) < 4.78 is 5.46. The Morgan fingerprint density at radius 3 is 2.36 bits per heavy atom. The van der Waals surface area contributed by atoms with Crippen LogP contribution in [0.5, 0.6) is 0 Å². The summed E-state index contributed by atoms with van der Waals surface area (Å²) in [7, 11) is 0. The van der Waals surface area contributed by atoms with Gasteiger partial charge in [0.25, 0.3) is 0 Å². The molecule has 0 spiro atoms. The molecule has 0 saturated carbocycles. The molecular formula is C15H9Cl3N2O2. The molecular weight excluding hydrogens is 347 g/mol. The van der Waals surface area contributed by atoms with Crippen molar-refractivity contribution in [1.29, 1.82) is 0 Å². The maximum atomic E-state index is 12.1. The van der Waals surface area contributed by atoms with E-state index in [-0.39, 0.29) is 5.76 Å². The molecule has 112 valence electrons. The fourth-order valence-electron chi connectivity index (χ4n) is 1.94. The van der Waals surface area contributed by atoms with E-state index in [4.69, 9.17) is 39.2 Å². The lowest BCUT2D eigenvalue weighted by Crippen LogP contribution is -2.29. The molecule has 0 aliphatic carbocycles. The highest BCUT2D eigenvalue weighted by molar-refractivity contribution is 6.41. The van der Waals surface area contributed by atoms with Gasteiger partial charge in [-0.15, -0.1) is 0 Å². The largest absolute Gasteiger partial charge is 0.451 e. The van der Waals surface area contributed by atoms with Gasteiger partial charge >= 0.3 is 5.91 Å². The first-order valence-corrected chi connectivity index (χ1v) is 7.37. The average molecular weight is 356 g/mol. The standard InChI is InChI=1S/C15H9Cl3N2O2/c16-9-6-10(17)14(11(18)7-9)19-20-15(21)13-5-8-3-1-2-4-12(8)22-13/h1-7,19H,(H,20,21). The number of hydrogen-bond donors (Lipinski definition) is 2. The summed E-state index contributed by atoms with van der Waals surface area (Å²) in [5.74, 6) is -0.270. The second kappa shape index (κ2) is 6.08. The van der Waals surface area contributed by atoms with Crippen molar-refractivity contribution in [1.82, 2.24) is 5.43 Å². The molecule has 4 nitrogen and oxygen atoms in total. The maximum absolute atomic E-state index is 12.1. The molecule has 2 N–H and O–H groups in total. The molecule has 0 fully saturated rings. The molecule has 0 unspecified atom stereocenters. The topological polar surface area (TPSA) is 54.3 Å². The van der Waals surface area contributed by atoms with E-state index in [1.807, 2.05) is 18.2 Å². The van der Waals surface area contributed by atoms with E-state index in [0.29, 0.717) is 26.3 Å². The number of anilines is 1. The highest BCUT2D eigenvalue weighted by Gasteiger charge is 2.13. The molecule has 1 aromatic heterocycles. The first-order valence-electron chi connectivity index (χ1n) is 6.24. The van der Waals surface area contributed by atoms with E-state index in [9.17, 15) is 4.79 Å². The van der Waals surface area contributed by atoms with Gasteiger partial charge in [-0.1, -0.05) is 53.0 Å². The van der Waals surface area contributed by atoms with E-state index in [2.05, 4.69) is 10.9 Å². The van der Waals surface area contributed by atoms with Gasteiger partial charge in [0.1, 0.15) is 5.58 Å². The molecule has 1 amide bonds. The van der Waals surface area contributed by atoms with Gasteiger partial charge in [0.15, 0.2) is 5.76 Å². The Morgan fingerprint density at radius 2 is 1.68 bits per heavy atom. The maximum Gasteiger partial charge on any atom is 0.305 e. The fraction of sp³-hybridized carbons (Fsp3) is 0. The second-order valence-corrected chi connectivity index (χ2v) is 5.72. The molecule has 0 aliphatic heterocycles. The van der Waals surface area contributed by atoms with Crippen LogP contribution in [0.3, 0.4) is 0 Å². The first-order chi connectivity index (χ1) is 10.5. The molecule has 0 bridgehead atoms. The van der Waals surface area contributed by atoms with Crippen LogP contribution in [-0.2, 0) is 0 Å². The van der Waals surface area contributed by atoms with Crippen LogP contribution in [0.1, 0.15) is 10.6 Å². The molecule has 2 aromatic carbocycles. The Kier molecular flexibility index (Phi) is 4.16. The van der Waals surface area contributed by atoms with Gasteiger partial charge in [0.05, 0.1) is 15.7 Å². The first kappa shape index (κ1) is 15.0. The van der Waals surface area contributed by atoms with E-state index in [1.165, 1.54) is 12.1 Å². The molecule has 22 heavy (non-hydrogen) atoms. The van der Waals surface area contributed by atoms with Crippen LogP contribution in [0.2, 0.25) is 15.1 Å². The lowest BCUT2D eigenvalue weighted by Gasteiger charge is -2.11. The number of hydrogen-bond acceptors (Lipinski definition) is 3. The van der Waals surface area contributed by atoms with E-state index in [1.54, 1.807) is 12.1 Å². The van der Waals surface area contributed by atoms with Gasteiger partial charge in [0, 0.05) is 10.4 Å². The predicted octanol–water partition coefficient (Wildman–Crippen LogP) is 5.15. The van der Waals surface area contributed by atoms with Crippen LogP contribution < -0.4 is 10.9 Å². The number of benzene rings is 2. The van der Waals surface area contributed by atoms with Crippen molar-refractivity contribution < 1.29 is 9.21 Å². The molecule has 0 atom stereocenters. The van der Waals surface area contributed by atoms with Gasteiger partial charge in [-0.3, -0.25) is 15.6 Å². The predicted molar refractivity (Wildman–Crippen MR) is 88.8 cm³/mol. The Balaban J connectivity index is 1.78. The van der Waals surface area contributed by atoms with Crippen molar-refractivity contribution in [2.24, 2.45) is 0 Å².